The summed E-state index contributed by atoms with van der Waals surface area (Å²) in [6.07, 6.45) is 3.09. The lowest BCUT2D eigenvalue weighted by Gasteiger charge is -1.96. The largest absolute Gasteiger partial charge is 0.480 e. The van der Waals surface area contributed by atoms with Crippen molar-refractivity contribution in [3.63, 3.8) is 0 Å². The van der Waals surface area contributed by atoms with E-state index >= 15 is 0 Å². The molecule has 0 fully saturated rings. The first kappa shape index (κ1) is 14.6. The zero-order valence-electron chi connectivity index (χ0n) is 8.23. The van der Waals surface area contributed by atoms with Gasteiger partial charge in [0.1, 0.15) is 6.04 Å². The van der Waals surface area contributed by atoms with Gasteiger partial charge in [-0.25, -0.2) is 0 Å². The SMILES string of the molecule is C=CCC(C)C.N[C@@H](CO)C(=O)O. The van der Waals surface area contributed by atoms with E-state index in [0.29, 0.717) is 0 Å². The van der Waals surface area contributed by atoms with Crippen LogP contribution in [0, 0.1) is 5.92 Å². The maximum absolute atomic E-state index is 9.65. The normalized spacial score (nSPS) is 11.5. The van der Waals surface area contributed by atoms with Gasteiger partial charge in [0.15, 0.2) is 0 Å². The summed E-state index contributed by atoms with van der Waals surface area (Å²) in [5.41, 5.74) is 4.77. The van der Waals surface area contributed by atoms with E-state index in [1.807, 2.05) is 6.08 Å². The smallest absolute Gasteiger partial charge is 0.322 e. The van der Waals surface area contributed by atoms with E-state index in [4.69, 9.17) is 15.9 Å². The molecule has 0 spiro atoms. The average Bonchev–Trinajstić information content (AvgIpc) is 2.03. The number of carboxylic acid groups (broad SMARTS) is 1. The number of carboxylic acids is 1. The van der Waals surface area contributed by atoms with Gasteiger partial charge >= 0.3 is 5.97 Å². The summed E-state index contributed by atoms with van der Waals surface area (Å²) in [4.78, 5) is 9.65. The van der Waals surface area contributed by atoms with E-state index in [2.05, 4.69) is 20.4 Å². The number of allylic oxidation sites excluding steroid dienone is 1. The monoisotopic (exact) mass is 189 g/mol. The molecule has 0 aliphatic heterocycles. The van der Waals surface area contributed by atoms with Gasteiger partial charge in [-0.1, -0.05) is 19.9 Å². The van der Waals surface area contributed by atoms with Crippen LogP contribution in [0.3, 0.4) is 0 Å². The van der Waals surface area contributed by atoms with Gasteiger partial charge in [0, 0.05) is 0 Å². The van der Waals surface area contributed by atoms with E-state index < -0.39 is 18.6 Å². The Kier molecular flexibility index (Phi) is 10.4. The molecule has 0 unspecified atom stereocenters. The lowest BCUT2D eigenvalue weighted by Crippen LogP contribution is -2.33. The molecule has 78 valence electrons. The molecule has 0 amide bonds. The molecular formula is C9H19NO3. The second kappa shape index (κ2) is 9.22. The molecule has 0 aliphatic rings. The van der Waals surface area contributed by atoms with Crippen LogP contribution in [0.4, 0.5) is 0 Å². The van der Waals surface area contributed by atoms with Crippen LogP contribution in [-0.2, 0) is 4.79 Å². The Bertz CT molecular complexity index is 146. The second-order valence-corrected chi connectivity index (χ2v) is 3.05. The zero-order valence-corrected chi connectivity index (χ0v) is 8.23. The Morgan fingerprint density at radius 2 is 2.08 bits per heavy atom. The zero-order chi connectivity index (χ0) is 10.9. The van der Waals surface area contributed by atoms with Gasteiger partial charge in [0.25, 0.3) is 0 Å². The number of rotatable bonds is 4. The third-order valence-electron chi connectivity index (χ3n) is 1.15. The van der Waals surface area contributed by atoms with Gasteiger partial charge in [0.05, 0.1) is 6.61 Å². The fraction of sp³-hybridized carbons (Fsp3) is 0.667. The third kappa shape index (κ3) is 14.0. The number of hydrogen-bond acceptors (Lipinski definition) is 3. The van der Waals surface area contributed by atoms with Crippen LogP contribution in [0.25, 0.3) is 0 Å². The molecule has 0 aromatic heterocycles. The molecule has 1 atom stereocenters. The molecule has 13 heavy (non-hydrogen) atoms. The molecule has 0 aromatic rings. The summed E-state index contributed by atoms with van der Waals surface area (Å²) in [5, 5.41) is 15.9. The number of carbonyl (C=O) groups is 1. The fourth-order valence-corrected chi connectivity index (χ4v) is 0.411. The van der Waals surface area contributed by atoms with E-state index in [-0.39, 0.29) is 0 Å². The highest BCUT2D eigenvalue weighted by atomic mass is 16.4. The quantitative estimate of drug-likeness (QED) is 0.566. The molecule has 4 heteroatoms. The highest BCUT2D eigenvalue weighted by Crippen LogP contribution is 1.96. The number of aliphatic hydroxyl groups excluding tert-OH is 1. The maximum Gasteiger partial charge on any atom is 0.322 e. The molecule has 0 aliphatic carbocycles. The van der Waals surface area contributed by atoms with Crippen molar-refractivity contribution in [3.8, 4) is 0 Å². The molecule has 0 heterocycles. The van der Waals surface area contributed by atoms with Gasteiger partial charge in [0.2, 0.25) is 0 Å². The van der Waals surface area contributed by atoms with E-state index in [1.54, 1.807) is 0 Å². The molecular weight excluding hydrogens is 170 g/mol. The first-order valence-corrected chi connectivity index (χ1v) is 4.15. The minimum absolute atomic E-state index is 0.505. The van der Waals surface area contributed by atoms with Crippen LogP contribution in [0.1, 0.15) is 20.3 Å². The average molecular weight is 189 g/mol. The molecule has 0 rings (SSSR count). The van der Waals surface area contributed by atoms with Gasteiger partial charge in [-0.2, -0.15) is 0 Å². The predicted octanol–water partition coefficient (Wildman–Crippen LogP) is 0.609. The highest BCUT2D eigenvalue weighted by molar-refractivity contribution is 5.73. The lowest BCUT2D eigenvalue weighted by molar-refractivity contribution is -0.139. The highest BCUT2D eigenvalue weighted by Gasteiger charge is 2.06. The van der Waals surface area contributed by atoms with Gasteiger partial charge < -0.3 is 15.9 Å². The summed E-state index contributed by atoms with van der Waals surface area (Å²) in [6.45, 7) is 7.46. The number of hydrogen-bond donors (Lipinski definition) is 3. The maximum atomic E-state index is 9.65. The van der Waals surface area contributed by atoms with Crippen LogP contribution in [0.15, 0.2) is 12.7 Å². The van der Waals surface area contributed by atoms with Gasteiger partial charge in [-0.15, -0.1) is 6.58 Å². The molecule has 0 bridgehead atoms. The Morgan fingerprint density at radius 3 is 2.08 bits per heavy atom. The van der Waals surface area contributed by atoms with Crippen molar-refractivity contribution in [2.45, 2.75) is 26.3 Å². The second-order valence-electron chi connectivity index (χ2n) is 3.05. The molecule has 0 aromatic carbocycles. The molecule has 0 saturated heterocycles. The van der Waals surface area contributed by atoms with Crippen LogP contribution in [0.5, 0.6) is 0 Å². The molecule has 0 saturated carbocycles. The summed E-state index contributed by atoms with van der Waals surface area (Å²) in [6, 6.07) is -1.13. The van der Waals surface area contributed by atoms with E-state index in [0.717, 1.165) is 12.3 Å². The van der Waals surface area contributed by atoms with Crippen molar-refractivity contribution in [3.05, 3.63) is 12.7 Å². The van der Waals surface area contributed by atoms with Gasteiger partial charge in [-0.05, 0) is 12.3 Å². The molecule has 4 N–H and O–H groups in total. The van der Waals surface area contributed by atoms with E-state index in [1.165, 1.54) is 0 Å². The Balaban J connectivity index is 0. The Labute approximate surface area is 79.1 Å². The predicted molar refractivity (Wildman–Crippen MR) is 52.3 cm³/mol. The lowest BCUT2D eigenvalue weighted by atomic mass is 10.1. The Morgan fingerprint density at radius 1 is 1.62 bits per heavy atom. The standard InChI is InChI=1S/C6H12.C3H7NO3/c1-4-5-6(2)3;4-2(1-5)3(6)7/h4,6H,1,5H2,2-3H3;2,5H,1,4H2,(H,6,7)/t;2-/m.0/s1. The summed E-state index contributed by atoms with van der Waals surface area (Å²) < 4.78 is 0. The van der Waals surface area contributed by atoms with Crippen molar-refractivity contribution in [1.82, 2.24) is 0 Å². The van der Waals surface area contributed by atoms with Crippen LogP contribution >= 0.6 is 0 Å². The summed E-state index contributed by atoms with van der Waals surface area (Å²) in [7, 11) is 0. The minimum Gasteiger partial charge on any atom is -0.480 e. The van der Waals surface area contributed by atoms with Crippen molar-refractivity contribution in [2.24, 2.45) is 11.7 Å². The molecule has 0 radical (unpaired) electrons. The van der Waals surface area contributed by atoms with Crippen LogP contribution in [-0.4, -0.2) is 28.8 Å². The van der Waals surface area contributed by atoms with Crippen molar-refractivity contribution in [2.75, 3.05) is 6.61 Å². The van der Waals surface area contributed by atoms with E-state index in [9.17, 15) is 4.79 Å². The molecule has 4 nitrogen and oxygen atoms in total. The number of aliphatic carboxylic acids is 1. The summed E-state index contributed by atoms with van der Waals surface area (Å²) >= 11 is 0. The van der Waals surface area contributed by atoms with Crippen molar-refractivity contribution in [1.29, 1.82) is 0 Å². The fourth-order valence-electron chi connectivity index (χ4n) is 0.411. The Hall–Kier alpha value is -0.870. The van der Waals surface area contributed by atoms with Crippen molar-refractivity contribution >= 4 is 5.97 Å². The number of aliphatic hydroxyl groups is 1. The minimum atomic E-state index is -1.18. The van der Waals surface area contributed by atoms with Crippen LogP contribution in [0.2, 0.25) is 0 Å². The third-order valence-corrected chi connectivity index (χ3v) is 1.15. The first-order chi connectivity index (χ1) is 5.95. The van der Waals surface area contributed by atoms with Crippen molar-refractivity contribution < 1.29 is 15.0 Å². The topological polar surface area (TPSA) is 83.5 Å². The van der Waals surface area contributed by atoms with Crippen LogP contribution < -0.4 is 5.73 Å². The number of nitrogens with two attached hydrogens (primary N) is 1. The van der Waals surface area contributed by atoms with Gasteiger partial charge in [-0.3, -0.25) is 4.79 Å². The summed E-state index contributed by atoms with van der Waals surface area (Å²) in [5.74, 6) is -0.398. The first-order valence-electron chi connectivity index (χ1n) is 4.15.